The second-order valence-electron chi connectivity index (χ2n) is 5.78. The van der Waals surface area contributed by atoms with E-state index in [2.05, 4.69) is 38.3 Å². The van der Waals surface area contributed by atoms with Gasteiger partial charge < -0.3 is 19.5 Å². The third-order valence-corrected chi connectivity index (χ3v) is 6.09. The molecule has 1 aliphatic rings. The highest BCUT2D eigenvalue weighted by atomic mass is 79.9. The van der Waals surface area contributed by atoms with E-state index in [4.69, 9.17) is 14.2 Å². The first-order valence-electron chi connectivity index (χ1n) is 8.17. The molecule has 0 saturated carbocycles. The van der Waals surface area contributed by atoms with Crippen molar-refractivity contribution in [3.05, 3.63) is 38.5 Å². The predicted molar refractivity (Wildman–Crippen MR) is 104 cm³/mol. The number of nitrogens with zero attached hydrogens (tertiary/aromatic N) is 1. The number of piperazine rings is 1. The first-order chi connectivity index (χ1) is 12.2. The van der Waals surface area contributed by atoms with Gasteiger partial charge in [0.15, 0.2) is 11.5 Å². The summed E-state index contributed by atoms with van der Waals surface area (Å²) in [6, 6.07) is 8.34. The lowest BCUT2D eigenvalue weighted by atomic mass is 10.0. The van der Waals surface area contributed by atoms with Gasteiger partial charge in [0.05, 0.1) is 31.2 Å². The number of benzene rings is 1. The van der Waals surface area contributed by atoms with E-state index in [1.165, 1.54) is 4.88 Å². The van der Waals surface area contributed by atoms with Crippen molar-refractivity contribution < 1.29 is 14.2 Å². The molecule has 0 amide bonds. The highest BCUT2D eigenvalue weighted by Gasteiger charge is 2.29. The van der Waals surface area contributed by atoms with Gasteiger partial charge in [-0.3, -0.25) is 4.90 Å². The van der Waals surface area contributed by atoms with Crippen molar-refractivity contribution in [2.45, 2.75) is 6.04 Å². The Bertz CT molecular complexity index is 716. The molecule has 1 fully saturated rings. The second kappa shape index (κ2) is 8.40. The van der Waals surface area contributed by atoms with Gasteiger partial charge in [-0.25, -0.2) is 0 Å². The number of hydrogen-bond acceptors (Lipinski definition) is 6. The van der Waals surface area contributed by atoms with E-state index >= 15 is 0 Å². The zero-order valence-corrected chi connectivity index (χ0v) is 17.1. The third kappa shape index (κ3) is 3.95. The fourth-order valence-electron chi connectivity index (χ4n) is 3.21. The summed E-state index contributed by atoms with van der Waals surface area (Å²) in [5, 5.41) is 3.42. The number of halogens is 1. The van der Waals surface area contributed by atoms with E-state index in [1.807, 2.05) is 12.1 Å². The van der Waals surface area contributed by atoms with Gasteiger partial charge in [0.25, 0.3) is 0 Å². The lowest BCUT2D eigenvalue weighted by molar-refractivity contribution is 0.197. The van der Waals surface area contributed by atoms with Crippen LogP contribution in [0, 0.1) is 0 Å². The molecule has 0 bridgehead atoms. The number of thiophene rings is 1. The summed E-state index contributed by atoms with van der Waals surface area (Å²) in [7, 11) is 5.00. The molecule has 1 N–H and O–H groups in total. The lowest BCUT2D eigenvalue weighted by Crippen LogP contribution is -2.45. The van der Waals surface area contributed by atoms with Crippen LogP contribution in [-0.2, 0) is 0 Å². The molecule has 2 heterocycles. The Kier molecular flexibility index (Phi) is 6.22. The molecular formula is C18H23BrN2O3S. The monoisotopic (exact) mass is 426 g/mol. The maximum atomic E-state index is 5.70. The minimum Gasteiger partial charge on any atom is -0.496 e. The fourth-order valence-corrected chi connectivity index (χ4v) is 4.79. The molecule has 7 heteroatoms. The number of hydrogen-bond donors (Lipinski definition) is 1. The Morgan fingerprint density at radius 1 is 1.00 bits per heavy atom. The normalized spacial score (nSPS) is 16.5. The zero-order valence-electron chi connectivity index (χ0n) is 14.7. The van der Waals surface area contributed by atoms with Crippen molar-refractivity contribution in [3.63, 3.8) is 0 Å². The van der Waals surface area contributed by atoms with Crippen molar-refractivity contribution >= 4 is 27.3 Å². The molecule has 5 nitrogen and oxygen atoms in total. The van der Waals surface area contributed by atoms with Crippen molar-refractivity contribution in [3.8, 4) is 17.2 Å². The standard InChI is InChI=1S/C18H23BrN2O3S/c1-22-13-11-15(24-3)14(23-2)10-12(13)18(16-4-5-17(19)25-16)21-8-6-20-7-9-21/h4-5,10-11,18,20H,6-9H2,1-3H3. The second-order valence-corrected chi connectivity index (χ2v) is 8.27. The Morgan fingerprint density at radius 3 is 2.20 bits per heavy atom. The number of rotatable bonds is 6. The van der Waals surface area contributed by atoms with Gasteiger partial charge in [0, 0.05) is 42.7 Å². The van der Waals surface area contributed by atoms with E-state index in [1.54, 1.807) is 32.7 Å². The SMILES string of the molecule is COc1cc(OC)c(C(c2ccc(Br)s2)N2CCNCC2)cc1OC. The summed E-state index contributed by atoms with van der Waals surface area (Å²) in [5.41, 5.74) is 1.09. The topological polar surface area (TPSA) is 43.0 Å². The lowest BCUT2D eigenvalue weighted by Gasteiger charge is -2.35. The van der Waals surface area contributed by atoms with E-state index < -0.39 is 0 Å². The van der Waals surface area contributed by atoms with Gasteiger partial charge in [0.1, 0.15) is 5.75 Å². The number of nitrogens with one attached hydrogen (secondary N) is 1. The van der Waals surface area contributed by atoms with Gasteiger partial charge >= 0.3 is 0 Å². The van der Waals surface area contributed by atoms with Gasteiger partial charge in [-0.2, -0.15) is 0 Å². The fraction of sp³-hybridized carbons (Fsp3) is 0.444. The van der Waals surface area contributed by atoms with Crippen LogP contribution >= 0.6 is 27.3 Å². The maximum Gasteiger partial charge on any atom is 0.164 e. The van der Waals surface area contributed by atoms with Crippen LogP contribution in [0.25, 0.3) is 0 Å². The van der Waals surface area contributed by atoms with Gasteiger partial charge in [-0.15, -0.1) is 11.3 Å². The summed E-state index contributed by atoms with van der Waals surface area (Å²) in [6.07, 6.45) is 0. The van der Waals surface area contributed by atoms with Crippen LogP contribution in [0.5, 0.6) is 17.2 Å². The minimum absolute atomic E-state index is 0.119. The molecule has 25 heavy (non-hydrogen) atoms. The third-order valence-electron chi connectivity index (χ3n) is 4.41. The van der Waals surface area contributed by atoms with E-state index in [9.17, 15) is 0 Å². The Labute approximate surface area is 161 Å². The van der Waals surface area contributed by atoms with E-state index in [0.29, 0.717) is 11.5 Å². The summed E-state index contributed by atoms with van der Waals surface area (Å²) >= 11 is 5.35. The van der Waals surface area contributed by atoms with Crippen molar-refractivity contribution in [1.29, 1.82) is 0 Å². The highest BCUT2D eigenvalue weighted by Crippen LogP contribution is 2.43. The van der Waals surface area contributed by atoms with Crippen LogP contribution in [0.1, 0.15) is 16.5 Å². The average Bonchev–Trinajstić information content (AvgIpc) is 3.08. The molecule has 1 aromatic carbocycles. The van der Waals surface area contributed by atoms with Gasteiger partial charge in [0.2, 0.25) is 0 Å². The van der Waals surface area contributed by atoms with Crippen molar-refractivity contribution in [2.75, 3.05) is 47.5 Å². The predicted octanol–water partition coefficient (Wildman–Crippen LogP) is 3.53. The quantitative estimate of drug-likeness (QED) is 0.764. The smallest absolute Gasteiger partial charge is 0.164 e. The first-order valence-corrected chi connectivity index (χ1v) is 9.78. The van der Waals surface area contributed by atoms with Crippen molar-refractivity contribution in [1.82, 2.24) is 10.2 Å². The molecule has 136 valence electrons. The molecule has 3 rings (SSSR count). The zero-order chi connectivity index (χ0) is 17.8. The Hall–Kier alpha value is -1.28. The van der Waals surface area contributed by atoms with Crippen LogP contribution in [0.15, 0.2) is 28.1 Å². The number of methoxy groups -OCH3 is 3. The molecule has 1 saturated heterocycles. The molecule has 0 aliphatic carbocycles. The first kappa shape index (κ1) is 18.5. The Balaban J connectivity index is 2.11. The molecule has 0 spiro atoms. The van der Waals surface area contributed by atoms with Crippen LogP contribution < -0.4 is 19.5 Å². The van der Waals surface area contributed by atoms with Gasteiger partial charge in [-0.05, 0) is 34.1 Å². The van der Waals surface area contributed by atoms with Crippen LogP contribution in [0.4, 0.5) is 0 Å². The molecule has 1 unspecified atom stereocenters. The molecule has 2 aromatic rings. The molecule has 0 radical (unpaired) electrons. The Morgan fingerprint density at radius 2 is 1.64 bits per heavy atom. The van der Waals surface area contributed by atoms with Crippen LogP contribution in [-0.4, -0.2) is 52.4 Å². The minimum atomic E-state index is 0.119. The average molecular weight is 427 g/mol. The van der Waals surface area contributed by atoms with Crippen LogP contribution in [0.3, 0.4) is 0 Å². The maximum absolute atomic E-state index is 5.70. The van der Waals surface area contributed by atoms with Gasteiger partial charge in [-0.1, -0.05) is 0 Å². The molecule has 1 atom stereocenters. The molecular weight excluding hydrogens is 404 g/mol. The summed E-state index contributed by atoms with van der Waals surface area (Å²) in [4.78, 5) is 3.76. The van der Waals surface area contributed by atoms with E-state index in [0.717, 1.165) is 41.3 Å². The number of ether oxygens (including phenoxy) is 3. The highest BCUT2D eigenvalue weighted by molar-refractivity contribution is 9.11. The summed E-state index contributed by atoms with van der Waals surface area (Å²) < 4.78 is 17.8. The molecule has 1 aromatic heterocycles. The molecule has 1 aliphatic heterocycles. The largest absolute Gasteiger partial charge is 0.496 e. The van der Waals surface area contributed by atoms with Crippen molar-refractivity contribution in [2.24, 2.45) is 0 Å². The summed E-state index contributed by atoms with van der Waals surface area (Å²) in [5.74, 6) is 2.20. The van der Waals surface area contributed by atoms with E-state index in [-0.39, 0.29) is 6.04 Å². The van der Waals surface area contributed by atoms with Crippen LogP contribution in [0.2, 0.25) is 0 Å². The summed E-state index contributed by atoms with van der Waals surface area (Å²) in [6.45, 7) is 3.94.